The molecule has 2 aromatic heterocycles. The van der Waals surface area contributed by atoms with E-state index < -0.39 is 12.1 Å². The summed E-state index contributed by atoms with van der Waals surface area (Å²) in [5, 5.41) is 12.1. The van der Waals surface area contributed by atoms with Gasteiger partial charge in [-0.3, -0.25) is 9.89 Å². The standard InChI is InChI=1S/C11H12F3N5O2/c12-11(13,14)10-18-8(19-21-10)3-4-15-9(20)2-1-7-5-16-17-6-7/h5-6H,1-4H2,(H,15,20)(H,16,17). The number of carbonyl (C=O) groups excluding carboxylic acids is 1. The Balaban J connectivity index is 1.69. The quantitative estimate of drug-likeness (QED) is 0.833. The van der Waals surface area contributed by atoms with Gasteiger partial charge in [0.1, 0.15) is 0 Å². The molecule has 0 aliphatic carbocycles. The molecule has 0 bridgehead atoms. The van der Waals surface area contributed by atoms with Crippen LogP contribution in [0.1, 0.15) is 23.7 Å². The maximum Gasteiger partial charge on any atom is 0.471 e. The van der Waals surface area contributed by atoms with Crippen molar-refractivity contribution >= 4 is 5.91 Å². The average Bonchev–Trinajstić information content (AvgIpc) is 3.07. The van der Waals surface area contributed by atoms with Crippen molar-refractivity contribution in [2.24, 2.45) is 0 Å². The number of halogens is 3. The first-order valence-electron chi connectivity index (χ1n) is 6.09. The topological polar surface area (TPSA) is 96.7 Å². The highest BCUT2D eigenvalue weighted by atomic mass is 19.4. The van der Waals surface area contributed by atoms with Crippen molar-refractivity contribution in [1.29, 1.82) is 0 Å². The summed E-state index contributed by atoms with van der Waals surface area (Å²) in [6.45, 7) is 0.140. The molecule has 7 nitrogen and oxygen atoms in total. The van der Waals surface area contributed by atoms with Crippen molar-refractivity contribution in [2.75, 3.05) is 6.54 Å². The number of aromatic nitrogens is 4. The molecule has 0 unspecified atom stereocenters. The highest BCUT2D eigenvalue weighted by Gasteiger charge is 2.38. The van der Waals surface area contributed by atoms with E-state index in [1.165, 1.54) is 0 Å². The average molecular weight is 303 g/mol. The van der Waals surface area contributed by atoms with E-state index in [2.05, 4.69) is 30.2 Å². The summed E-state index contributed by atoms with van der Waals surface area (Å²) in [6.07, 6.45) is -0.491. The minimum atomic E-state index is -4.65. The maximum absolute atomic E-state index is 12.2. The number of H-pyrrole nitrogens is 1. The van der Waals surface area contributed by atoms with Gasteiger partial charge in [-0.25, -0.2) is 0 Å². The third-order valence-electron chi connectivity index (χ3n) is 2.58. The van der Waals surface area contributed by atoms with Crippen LogP contribution in [0.3, 0.4) is 0 Å². The molecule has 21 heavy (non-hydrogen) atoms. The SMILES string of the molecule is O=C(CCc1cn[nH]c1)NCCc1noc(C(F)(F)F)n1. The van der Waals surface area contributed by atoms with E-state index >= 15 is 0 Å². The van der Waals surface area contributed by atoms with Gasteiger partial charge in [0, 0.05) is 25.6 Å². The number of hydrogen-bond donors (Lipinski definition) is 2. The van der Waals surface area contributed by atoms with Crippen LogP contribution >= 0.6 is 0 Å². The van der Waals surface area contributed by atoms with Gasteiger partial charge in [-0.2, -0.15) is 23.3 Å². The molecule has 0 fully saturated rings. The van der Waals surface area contributed by atoms with Crippen LogP contribution in [0.15, 0.2) is 16.9 Å². The van der Waals surface area contributed by atoms with E-state index in [1.54, 1.807) is 12.4 Å². The second kappa shape index (κ2) is 6.37. The lowest BCUT2D eigenvalue weighted by Gasteiger charge is -2.02. The van der Waals surface area contributed by atoms with Gasteiger partial charge in [-0.1, -0.05) is 5.16 Å². The van der Waals surface area contributed by atoms with Crippen LogP contribution in [0, 0.1) is 0 Å². The van der Waals surface area contributed by atoms with E-state index in [0.29, 0.717) is 6.42 Å². The van der Waals surface area contributed by atoms with Crippen LogP contribution in [-0.4, -0.2) is 32.8 Å². The molecule has 0 aliphatic rings. The van der Waals surface area contributed by atoms with Crippen molar-refractivity contribution in [3.05, 3.63) is 29.7 Å². The van der Waals surface area contributed by atoms with Crippen LogP contribution in [0.25, 0.3) is 0 Å². The van der Waals surface area contributed by atoms with Gasteiger partial charge >= 0.3 is 12.1 Å². The molecule has 2 aromatic rings. The van der Waals surface area contributed by atoms with Crippen LogP contribution in [0.4, 0.5) is 13.2 Å². The summed E-state index contributed by atoms with van der Waals surface area (Å²) in [5.41, 5.74) is 0.901. The first-order chi connectivity index (χ1) is 9.95. The predicted octanol–water partition coefficient (Wildman–Crippen LogP) is 1.10. The van der Waals surface area contributed by atoms with Gasteiger partial charge < -0.3 is 9.84 Å². The van der Waals surface area contributed by atoms with Gasteiger partial charge in [0.2, 0.25) is 5.91 Å². The number of rotatable bonds is 6. The van der Waals surface area contributed by atoms with Crippen molar-refractivity contribution in [3.63, 3.8) is 0 Å². The molecule has 0 saturated heterocycles. The third kappa shape index (κ3) is 4.58. The Morgan fingerprint density at radius 1 is 1.38 bits per heavy atom. The van der Waals surface area contributed by atoms with Crippen LogP contribution in [0.2, 0.25) is 0 Å². The van der Waals surface area contributed by atoms with Crippen molar-refractivity contribution in [3.8, 4) is 0 Å². The Morgan fingerprint density at radius 3 is 2.81 bits per heavy atom. The van der Waals surface area contributed by atoms with Crippen molar-refractivity contribution in [1.82, 2.24) is 25.7 Å². The van der Waals surface area contributed by atoms with Crippen LogP contribution < -0.4 is 5.32 Å². The molecule has 0 aromatic carbocycles. The lowest BCUT2D eigenvalue weighted by Crippen LogP contribution is -2.26. The zero-order chi connectivity index (χ0) is 15.3. The smallest absolute Gasteiger partial charge is 0.356 e. The largest absolute Gasteiger partial charge is 0.471 e. The molecular formula is C11H12F3N5O2. The summed E-state index contributed by atoms with van der Waals surface area (Å²) < 4.78 is 40.7. The molecule has 1 amide bonds. The van der Waals surface area contributed by atoms with Crippen LogP contribution in [0.5, 0.6) is 0 Å². The first-order valence-corrected chi connectivity index (χ1v) is 6.09. The first kappa shape index (κ1) is 15.0. The van der Waals surface area contributed by atoms with Gasteiger partial charge in [-0.15, -0.1) is 0 Å². The molecule has 0 radical (unpaired) electrons. The summed E-state index contributed by atoms with van der Waals surface area (Å²) in [6, 6.07) is 0. The fourth-order valence-corrected chi connectivity index (χ4v) is 1.54. The second-order valence-corrected chi connectivity index (χ2v) is 4.22. The fraction of sp³-hybridized carbons (Fsp3) is 0.455. The van der Waals surface area contributed by atoms with E-state index in [-0.39, 0.29) is 31.1 Å². The normalized spacial score (nSPS) is 11.6. The Labute approximate surface area is 116 Å². The molecule has 114 valence electrons. The molecular weight excluding hydrogens is 291 g/mol. The number of nitrogens with one attached hydrogen (secondary N) is 2. The minimum Gasteiger partial charge on any atom is -0.356 e. The number of aromatic amines is 1. The lowest BCUT2D eigenvalue weighted by atomic mass is 10.2. The number of hydrogen-bond acceptors (Lipinski definition) is 5. The number of alkyl halides is 3. The van der Waals surface area contributed by atoms with Crippen molar-refractivity contribution < 1.29 is 22.5 Å². The molecule has 0 spiro atoms. The Hall–Kier alpha value is -2.39. The van der Waals surface area contributed by atoms with E-state index in [1.807, 2.05) is 0 Å². The summed E-state index contributed by atoms with van der Waals surface area (Å²) >= 11 is 0. The van der Waals surface area contributed by atoms with Crippen LogP contribution in [-0.2, 0) is 23.8 Å². The highest BCUT2D eigenvalue weighted by Crippen LogP contribution is 2.27. The van der Waals surface area contributed by atoms with E-state index in [4.69, 9.17) is 0 Å². The Morgan fingerprint density at radius 2 is 2.19 bits per heavy atom. The summed E-state index contributed by atoms with van der Waals surface area (Å²) in [5.74, 6) is -1.70. The lowest BCUT2D eigenvalue weighted by molar-refractivity contribution is -0.159. The Kier molecular flexibility index (Phi) is 4.55. The fourth-order valence-electron chi connectivity index (χ4n) is 1.54. The zero-order valence-corrected chi connectivity index (χ0v) is 10.8. The monoisotopic (exact) mass is 303 g/mol. The van der Waals surface area contributed by atoms with E-state index in [9.17, 15) is 18.0 Å². The summed E-state index contributed by atoms with van der Waals surface area (Å²) in [4.78, 5) is 14.7. The highest BCUT2D eigenvalue weighted by molar-refractivity contribution is 5.76. The minimum absolute atomic E-state index is 0.0665. The zero-order valence-electron chi connectivity index (χ0n) is 10.8. The molecule has 0 atom stereocenters. The van der Waals surface area contributed by atoms with E-state index in [0.717, 1.165) is 5.56 Å². The molecule has 0 saturated carbocycles. The van der Waals surface area contributed by atoms with Gasteiger partial charge in [0.05, 0.1) is 6.20 Å². The molecule has 10 heteroatoms. The summed E-state index contributed by atoms with van der Waals surface area (Å²) in [7, 11) is 0. The molecule has 2 N–H and O–H groups in total. The Bertz CT molecular complexity index is 579. The van der Waals surface area contributed by atoms with Gasteiger partial charge in [0.25, 0.3) is 0 Å². The maximum atomic E-state index is 12.2. The number of amides is 1. The molecule has 2 heterocycles. The number of nitrogens with zero attached hydrogens (tertiary/aromatic N) is 3. The number of aryl methyl sites for hydroxylation is 1. The van der Waals surface area contributed by atoms with Gasteiger partial charge in [0.15, 0.2) is 5.82 Å². The number of carbonyl (C=O) groups is 1. The van der Waals surface area contributed by atoms with Gasteiger partial charge in [-0.05, 0) is 12.0 Å². The molecule has 2 rings (SSSR count). The van der Waals surface area contributed by atoms with Crippen molar-refractivity contribution in [2.45, 2.75) is 25.4 Å². The molecule has 0 aliphatic heterocycles. The third-order valence-corrected chi connectivity index (χ3v) is 2.58. The predicted molar refractivity (Wildman–Crippen MR) is 62.9 cm³/mol. The second-order valence-electron chi connectivity index (χ2n) is 4.22.